The Bertz CT molecular complexity index is 718. The lowest BCUT2D eigenvalue weighted by Crippen LogP contribution is -2.43. The van der Waals surface area contributed by atoms with E-state index in [2.05, 4.69) is 15.8 Å². The first-order chi connectivity index (χ1) is 10.7. The first kappa shape index (κ1) is 15.0. The van der Waals surface area contributed by atoms with E-state index in [4.69, 9.17) is 9.47 Å². The van der Waals surface area contributed by atoms with Gasteiger partial charge in [0.05, 0.1) is 36.1 Å². The zero-order valence-electron chi connectivity index (χ0n) is 12.2. The first-order valence-electron chi connectivity index (χ1n) is 7.05. The number of aryl methyl sites for hydroxylation is 1. The lowest BCUT2D eigenvalue weighted by Gasteiger charge is -2.22. The summed E-state index contributed by atoms with van der Waals surface area (Å²) in [5, 5.41) is 6.88. The van der Waals surface area contributed by atoms with Crippen molar-refractivity contribution < 1.29 is 14.3 Å². The van der Waals surface area contributed by atoms with Gasteiger partial charge in [0.2, 0.25) is 4.80 Å². The number of para-hydroxylation sites is 1. The van der Waals surface area contributed by atoms with Gasteiger partial charge in [-0.25, -0.2) is 10.2 Å². The van der Waals surface area contributed by atoms with Gasteiger partial charge in [0.25, 0.3) is 0 Å². The SMILES string of the molecule is Cn1/c(=N\NC(=O)NCC2COCCO2)sc2ccccc21. The molecule has 0 saturated carbocycles. The molecular formula is C14H18N4O3S. The molecule has 118 valence electrons. The Morgan fingerprint density at radius 1 is 1.45 bits per heavy atom. The molecule has 1 aliphatic heterocycles. The number of rotatable bonds is 3. The minimum atomic E-state index is -0.355. The second-order valence-corrected chi connectivity index (χ2v) is 5.92. The van der Waals surface area contributed by atoms with E-state index < -0.39 is 0 Å². The van der Waals surface area contributed by atoms with Crippen LogP contribution in [-0.2, 0) is 16.5 Å². The zero-order chi connectivity index (χ0) is 15.4. The van der Waals surface area contributed by atoms with Crippen molar-refractivity contribution in [1.82, 2.24) is 15.3 Å². The van der Waals surface area contributed by atoms with Gasteiger partial charge < -0.3 is 19.4 Å². The number of hydrogen-bond donors (Lipinski definition) is 2. The van der Waals surface area contributed by atoms with Crippen LogP contribution in [0.4, 0.5) is 4.79 Å². The highest BCUT2D eigenvalue weighted by Crippen LogP contribution is 2.14. The van der Waals surface area contributed by atoms with Gasteiger partial charge in [-0.2, -0.15) is 0 Å². The second-order valence-electron chi connectivity index (χ2n) is 4.91. The molecule has 0 bridgehead atoms. The van der Waals surface area contributed by atoms with Crippen LogP contribution in [0.25, 0.3) is 10.2 Å². The Balaban J connectivity index is 1.60. The minimum absolute atomic E-state index is 0.0973. The van der Waals surface area contributed by atoms with E-state index in [0.717, 1.165) is 15.0 Å². The molecule has 3 rings (SSSR count). The van der Waals surface area contributed by atoms with Crippen LogP contribution in [0.1, 0.15) is 0 Å². The smallest absolute Gasteiger partial charge is 0.335 e. The van der Waals surface area contributed by atoms with Gasteiger partial charge in [0, 0.05) is 13.6 Å². The van der Waals surface area contributed by atoms with Gasteiger partial charge in [-0.15, -0.1) is 5.10 Å². The highest BCUT2D eigenvalue weighted by Gasteiger charge is 2.14. The third-order valence-corrected chi connectivity index (χ3v) is 4.46. The van der Waals surface area contributed by atoms with Crippen LogP contribution in [0.3, 0.4) is 0 Å². The number of fused-ring (bicyclic) bond motifs is 1. The van der Waals surface area contributed by atoms with E-state index in [-0.39, 0.29) is 12.1 Å². The lowest BCUT2D eigenvalue weighted by molar-refractivity contribution is -0.0853. The molecule has 0 radical (unpaired) electrons. The number of nitrogens with one attached hydrogen (secondary N) is 2. The summed E-state index contributed by atoms with van der Waals surface area (Å²) in [5.41, 5.74) is 3.59. The summed E-state index contributed by atoms with van der Waals surface area (Å²) in [6.45, 7) is 2.08. The summed E-state index contributed by atoms with van der Waals surface area (Å²) in [5.74, 6) is 0. The molecule has 2 aromatic rings. The molecule has 8 heteroatoms. The molecule has 0 spiro atoms. The van der Waals surface area contributed by atoms with Crippen molar-refractivity contribution in [3.05, 3.63) is 29.1 Å². The maximum absolute atomic E-state index is 11.8. The fourth-order valence-electron chi connectivity index (χ4n) is 2.19. The molecule has 1 unspecified atom stereocenters. The second kappa shape index (κ2) is 6.91. The number of amides is 2. The molecule has 2 N–H and O–H groups in total. The van der Waals surface area contributed by atoms with Gasteiger partial charge in [0.15, 0.2) is 0 Å². The van der Waals surface area contributed by atoms with E-state index in [1.54, 1.807) is 0 Å². The first-order valence-corrected chi connectivity index (χ1v) is 7.87. The summed E-state index contributed by atoms with van der Waals surface area (Å²) < 4.78 is 13.8. The zero-order valence-corrected chi connectivity index (χ0v) is 13.1. The lowest BCUT2D eigenvalue weighted by atomic mass is 10.3. The molecule has 2 amide bonds. The molecule has 1 saturated heterocycles. The molecule has 1 fully saturated rings. The van der Waals surface area contributed by atoms with Crippen LogP contribution < -0.4 is 15.5 Å². The third-order valence-electron chi connectivity index (χ3n) is 3.34. The molecule has 7 nitrogen and oxygen atoms in total. The number of urea groups is 1. The van der Waals surface area contributed by atoms with E-state index in [0.29, 0.717) is 26.4 Å². The summed E-state index contributed by atoms with van der Waals surface area (Å²) in [4.78, 5) is 12.5. The Morgan fingerprint density at radius 3 is 3.09 bits per heavy atom. The van der Waals surface area contributed by atoms with Crippen molar-refractivity contribution >= 4 is 27.6 Å². The molecule has 1 aromatic heterocycles. The van der Waals surface area contributed by atoms with E-state index in [9.17, 15) is 4.79 Å². The molecular weight excluding hydrogens is 304 g/mol. The van der Waals surface area contributed by atoms with Crippen molar-refractivity contribution in [2.24, 2.45) is 12.1 Å². The molecule has 1 aromatic carbocycles. The summed E-state index contributed by atoms with van der Waals surface area (Å²) in [6, 6.07) is 7.65. The van der Waals surface area contributed by atoms with Gasteiger partial charge >= 0.3 is 6.03 Å². The minimum Gasteiger partial charge on any atom is -0.376 e. The van der Waals surface area contributed by atoms with Crippen molar-refractivity contribution in [2.45, 2.75) is 6.10 Å². The highest BCUT2D eigenvalue weighted by atomic mass is 32.1. The van der Waals surface area contributed by atoms with Crippen LogP contribution in [0.15, 0.2) is 29.4 Å². The maximum atomic E-state index is 11.8. The Kier molecular flexibility index (Phi) is 4.71. The number of thiazole rings is 1. The molecule has 1 atom stereocenters. The fourth-order valence-corrected chi connectivity index (χ4v) is 3.17. The van der Waals surface area contributed by atoms with Crippen LogP contribution >= 0.6 is 11.3 Å². The average Bonchev–Trinajstić information content (AvgIpc) is 2.88. The van der Waals surface area contributed by atoms with E-state index in [1.165, 1.54) is 11.3 Å². The highest BCUT2D eigenvalue weighted by molar-refractivity contribution is 7.16. The molecule has 1 aliphatic rings. The maximum Gasteiger partial charge on any atom is 0.335 e. The third kappa shape index (κ3) is 3.46. The van der Waals surface area contributed by atoms with Crippen molar-refractivity contribution in [2.75, 3.05) is 26.4 Å². The van der Waals surface area contributed by atoms with Crippen molar-refractivity contribution in [3.8, 4) is 0 Å². The molecule has 0 aliphatic carbocycles. The van der Waals surface area contributed by atoms with Crippen LogP contribution in [-0.4, -0.2) is 43.1 Å². The summed E-state index contributed by atoms with van der Waals surface area (Å²) in [6.07, 6.45) is -0.0973. The van der Waals surface area contributed by atoms with Gasteiger partial charge in [-0.3, -0.25) is 0 Å². The average molecular weight is 322 g/mol. The number of nitrogens with zero attached hydrogens (tertiary/aromatic N) is 2. The molecule has 2 heterocycles. The van der Waals surface area contributed by atoms with Gasteiger partial charge in [0.1, 0.15) is 0 Å². The Hall–Kier alpha value is -1.90. The van der Waals surface area contributed by atoms with Crippen LogP contribution in [0.5, 0.6) is 0 Å². The standard InChI is InChI=1S/C14H18N4O3S/c1-18-11-4-2-3-5-12(11)22-14(18)17-16-13(19)15-8-10-9-20-6-7-21-10/h2-5,10H,6-9H2,1H3,(H2,15,16,19)/b17-14+. The predicted octanol–water partition coefficient (Wildman–Crippen LogP) is 0.770. The Morgan fingerprint density at radius 2 is 2.32 bits per heavy atom. The van der Waals surface area contributed by atoms with Crippen molar-refractivity contribution in [3.63, 3.8) is 0 Å². The predicted molar refractivity (Wildman–Crippen MR) is 83.5 cm³/mol. The van der Waals surface area contributed by atoms with E-state index >= 15 is 0 Å². The van der Waals surface area contributed by atoms with Crippen LogP contribution in [0, 0.1) is 0 Å². The van der Waals surface area contributed by atoms with E-state index in [1.807, 2.05) is 35.9 Å². The number of hydrogen-bond acceptors (Lipinski definition) is 5. The van der Waals surface area contributed by atoms with Crippen molar-refractivity contribution in [1.29, 1.82) is 0 Å². The molecule has 22 heavy (non-hydrogen) atoms. The number of benzene rings is 1. The van der Waals surface area contributed by atoms with Crippen LogP contribution in [0.2, 0.25) is 0 Å². The summed E-state index contributed by atoms with van der Waals surface area (Å²) >= 11 is 1.52. The topological polar surface area (TPSA) is 76.9 Å². The number of aromatic nitrogens is 1. The number of carbonyl (C=O) groups is 1. The fraction of sp³-hybridized carbons (Fsp3) is 0.429. The summed E-state index contributed by atoms with van der Waals surface area (Å²) in [7, 11) is 1.92. The monoisotopic (exact) mass is 322 g/mol. The number of ether oxygens (including phenoxy) is 2. The largest absolute Gasteiger partial charge is 0.376 e. The van der Waals surface area contributed by atoms with Gasteiger partial charge in [-0.1, -0.05) is 23.5 Å². The quantitative estimate of drug-likeness (QED) is 0.820. The van der Waals surface area contributed by atoms with Gasteiger partial charge in [-0.05, 0) is 12.1 Å². The normalized spacial score (nSPS) is 19.3. The number of carbonyl (C=O) groups excluding carboxylic acids is 1. The Labute approximate surface area is 131 Å².